The lowest BCUT2D eigenvalue weighted by molar-refractivity contribution is -0.137. The van der Waals surface area contributed by atoms with Gasteiger partial charge in [0.15, 0.2) is 0 Å². The first kappa shape index (κ1) is 17.6. The normalized spacial score (nSPS) is 47.7. The number of hydrogen-bond acceptors (Lipinski definition) is 2. The van der Waals surface area contributed by atoms with Crippen LogP contribution in [0.1, 0.15) is 85.0 Å². The third-order valence-electron chi connectivity index (χ3n) is 9.01. The fourth-order valence-electron chi connectivity index (χ4n) is 7.71. The summed E-state index contributed by atoms with van der Waals surface area (Å²) in [6.07, 6.45) is 15.7. The average Bonchev–Trinajstić information content (AvgIpc) is 2.91. The van der Waals surface area contributed by atoms with Gasteiger partial charge in [0.05, 0.1) is 6.61 Å². The Hall–Kier alpha value is -0.790. The van der Waals surface area contributed by atoms with Crippen molar-refractivity contribution in [1.82, 2.24) is 0 Å². The summed E-state index contributed by atoms with van der Waals surface area (Å²) in [5.41, 5.74) is 2.26. The van der Waals surface area contributed by atoms with E-state index in [4.69, 9.17) is 4.74 Å². The highest BCUT2D eigenvalue weighted by atomic mass is 16.5. The van der Waals surface area contributed by atoms with E-state index in [0.29, 0.717) is 12.0 Å². The van der Waals surface area contributed by atoms with Gasteiger partial charge in [0, 0.05) is 6.08 Å². The summed E-state index contributed by atoms with van der Waals surface area (Å²) in [6, 6.07) is 0. The molecule has 2 heteroatoms. The van der Waals surface area contributed by atoms with Crippen LogP contribution in [0, 0.1) is 34.5 Å². The molecule has 0 N–H and O–H groups in total. The summed E-state index contributed by atoms with van der Waals surface area (Å²) in [4.78, 5) is 12.0. The molecule has 4 aliphatic carbocycles. The van der Waals surface area contributed by atoms with E-state index in [9.17, 15) is 4.79 Å². The average molecular weight is 345 g/mol. The van der Waals surface area contributed by atoms with Crippen molar-refractivity contribution in [3.63, 3.8) is 0 Å². The first-order chi connectivity index (χ1) is 12.0. The van der Waals surface area contributed by atoms with Gasteiger partial charge in [-0.3, -0.25) is 0 Å². The maximum absolute atomic E-state index is 12.0. The van der Waals surface area contributed by atoms with Crippen LogP contribution in [0.2, 0.25) is 0 Å². The lowest BCUT2D eigenvalue weighted by Crippen LogP contribution is -2.52. The number of carbonyl (C=O) groups is 1. The quantitative estimate of drug-likeness (QED) is 0.460. The van der Waals surface area contributed by atoms with Crippen molar-refractivity contribution in [1.29, 1.82) is 0 Å². The molecular weight excluding hydrogens is 308 g/mol. The van der Waals surface area contributed by atoms with Crippen molar-refractivity contribution in [3.8, 4) is 0 Å². The Balaban J connectivity index is 1.58. The Morgan fingerprint density at radius 3 is 2.72 bits per heavy atom. The number of esters is 1. The van der Waals surface area contributed by atoms with Gasteiger partial charge in [-0.25, -0.2) is 4.79 Å². The van der Waals surface area contributed by atoms with Crippen molar-refractivity contribution in [3.05, 3.63) is 11.6 Å². The van der Waals surface area contributed by atoms with E-state index in [0.717, 1.165) is 30.1 Å². The molecule has 2 nitrogen and oxygen atoms in total. The van der Waals surface area contributed by atoms with Crippen molar-refractivity contribution < 1.29 is 9.53 Å². The fourth-order valence-corrected chi connectivity index (χ4v) is 7.71. The van der Waals surface area contributed by atoms with Crippen LogP contribution in [0.4, 0.5) is 0 Å². The third kappa shape index (κ3) is 2.70. The van der Waals surface area contributed by atoms with Crippen molar-refractivity contribution in [2.24, 2.45) is 34.5 Å². The minimum absolute atomic E-state index is 0.121. The number of rotatable bonds is 2. The number of carbonyl (C=O) groups excluding carboxylic acids is 1. The van der Waals surface area contributed by atoms with Gasteiger partial charge in [-0.15, -0.1) is 0 Å². The van der Waals surface area contributed by atoms with Crippen LogP contribution >= 0.6 is 0 Å². The second-order valence-corrected chi connectivity index (χ2v) is 9.82. The molecule has 4 fully saturated rings. The smallest absolute Gasteiger partial charge is 0.330 e. The molecule has 0 aliphatic heterocycles. The molecular formula is C23H36O2. The highest BCUT2D eigenvalue weighted by Crippen LogP contribution is 2.67. The molecule has 0 bridgehead atoms. The van der Waals surface area contributed by atoms with E-state index in [1.54, 1.807) is 0 Å². The summed E-state index contributed by atoms with van der Waals surface area (Å²) in [6.45, 7) is 7.47. The molecule has 6 atom stereocenters. The minimum Gasteiger partial charge on any atom is -0.463 e. The first-order valence-corrected chi connectivity index (χ1v) is 10.9. The zero-order valence-electron chi connectivity index (χ0n) is 16.5. The summed E-state index contributed by atoms with van der Waals surface area (Å²) >= 11 is 0. The Morgan fingerprint density at radius 2 is 1.92 bits per heavy atom. The lowest BCUT2D eigenvalue weighted by Gasteiger charge is -2.60. The van der Waals surface area contributed by atoms with Crippen LogP contribution in [-0.2, 0) is 9.53 Å². The van der Waals surface area contributed by atoms with Gasteiger partial charge in [0.25, 0.3) is 0 Å². The molecule has 4 saturated carbocycles. The van der Waals surface area contributed by atoms with Gasteiger partial charge < -0.3 is 4.74 Å². The van der Waals surface area contributed by atoms with Crippen LogP contribution in [0.25, 0.3) is 0 Å². The summed E-state index contributed by atoms with van der Waals surface area (Å²) in [5, 5.41) is 0. The van der Waals surface area contributed by atoms with E-state index >= 15 is 0 Å². The molecule has 0 saturated heterocycles. The summed E-state index contributed by atoms with van der Waals surface area (Å²) in [7, 11) is 0. The maximum Gasteiger partial charge on any atom is 0.330 e. The Kier molecular flexibility index (Phi) is 4.53. The Labute approximate surface area is 153 Å². The monoisotopic (exact) mass is 344 g/mol. The highest BCUT2D eigenvalue weighted by molar-refractivity contribution is 5.83. The predicted molar refractivity (Wildman–Crippen MR) is 101 cm³/mol. The van der Waals surface area contributed by atoms with Crippen molar-refractivity contribution in [2.45, 2.75) is 85.0 Å². The molecule has 0 radical (unpaired) electrons. The molecule has 25 heavy (non-hydrogen) atoms. The van der Waals surface area contributed by atoms with E-state index < -0.39 is 0 Å². The van der Waals surface area contributed by atoms with Crippen LogP contribution in [0.5, 0.6) is 0 Å². The van der Waals surface area contributed by atoms with Gasteiger partial charge in [0.2, 0.25) is 0 Å². The van der Waals surface area contributed by atoms with E-state index in [-0.39, 0.29) is 11.4 Å². The second kappa shape index (κ2) is 6.43. The van der Waals surface area contributed by atoms with Gasteiger partial charge in [0.1, 0.15) is 0 Å². The zero-order valence-corrected chi connectivity index (χ0v) is 16.5. The van der Waals surface area contributed by atoms with Gasteiger partial charge >= 0.3 is 5.97 Å². The molecule has 4 rings (SSSR count). The number of fused-ring (bicyclic) bond motifs is 5. The van der Waals surface area contributed by atoms with E-state index in [1.807, 2.05) is 13.0 Å². The van der Waals surface area contributed by atoms with Gasteiger partial charge in [-0.05, 0) is 92.8 Å². The van der Waals surface area contributed by atoms with Gasteiger partial charge in [-0.2, -0.15) is 0 Å². The van der Waals surface area contributed by atoms with E-state index in [2.05, 4.69) is 13.8 Å². The standard InChI is InChI=1S/C23H36O2/c1-4-25-21(24)15-17-9-11-19-18-10-8-16-7-5-6-13-22(16,2)20(18)12-14-23(17,19)3/h15-16,18-20H,4-14H2,1-3H3/b17-15-/t16-,18+,19+,20+,22-,23-/m0/s1. The van der Waals surface area contributed by atoms with Gasteiger partial charge in [-0.1, -0.05) is 32.3 Å². The topological polar surface area (TPSA) is 26.3 Å². The fraction of sp³-hybridized carbons (Fsp3) is 0.870. The lowest BCUT2D eigenvalue weighted by atomic mass is 9.45. The largest absolute Gasteiger partial charge is 0.463 e. The molecule has 0 aromatic carbocycles. The molecule has 0 spiro atoms. The number of allylic oxidation sites excluding steroid dienone is 1. The summed E-state index contributed by atoms with van der Waals surface area (Å²) in [5.74, 6) is 3.50. The van der Waals surface area contributed by atoms with Crippen LogP contribution in [0.15, 0.2) is 11.6 Å². The zero-order chi connectivity index (χ0) is 17.7. The Bertz CT molecular complexity index is 564. The van der Waals surface area contributed by atoms with Crippen molar-refractivity contribution >= 4 is 5.97 Å². The molecule has 0 aromatic rings. The molecule has 0 amide bonds. The molecule has 0 unspecified atom stereocenters. The van der Waals surface area contributed by atoms with Crippen LogP contribution < -0.4 is 0 Å². The van der Waals surface area contributed by atoms with Crippen LogP contribution in [0.3, 0.4) is 0 Å². The molecule has 0 aromatic heterocycles. The SMILES string of the molecule is CCOC(=O)/C=C1/CC[C@@H]2[C@H]3CC[C@@H]4CCCC[C@]4(C)[C@@H]3CC[C@@]12C. The number of hydrogen-bond donors (Lipinski definition) is 0. The van der Waals surface area contributed by atoms with Crippen molar-refractivity contribution in [2.75, 3.05) is 6.61 Å². The maximum atomic E-state index is 12.0. The molecule has 4 aliphatic rings. The van der Waals surface area contributed by atoms with E-state index in [1.165, 1.54) is 63.4 Å². The predicted octanol–water partition coefficient (Wildman–Crippen LogP) is 5.91. The number of ether oxygens (including phenoxy) is 1. The summed E-state index contributed by atoms with van der Waals surface area (Å²) < 4.78 is 5.21. The molecule has 0 heterocycles. The molecule has 140 valence electrons. The third-order valence-corrected chi connectivity index (χ3v) is 9.01. The minimum atomic E-state index is -0.121. The first-order valence-electron chi connectivity index (χ1n) is 10.9. The Morgan fingerprint density at radius 1 is 1.08 bits per heavy atom. The highest BCUT2D eigenvalue weighted by Gasteiger charge is 2.58. The van der Waals surface area contributed by atoms with Crippen LogP contribution in [-0.4, -0.2) is 12.6 Å². The second-order valence-electron chi connectivity index (χ2n) is 9.82.